The number of nitrogens with one attached hydrogen (secondary N) is 2. The van der Waals surface area contributed by atoms with Crippen molar-refractivity contribution in [1.82, 2.24) is 15.5 Å². The summed E-state index contributed by atoms with van der Waals surface area (Å²) in [5.41, 5.74) is 2.91. The molecule has 2 N–H and O–H groups in total. The maximum Gasteiger partial charge on any atom is 0.318 e. The van der Waals surface area contributed by atoms with Gasteiger partial charge in [-0.25, -0.2) is 4.79 Å². The Kier molecular flexibility index (Phi) is 4.64. The second-order valence-corrected chi connectivity index (χ2v) is 7.70. The molecule has 2 aliphatic carbocycles. The molecule has 1 aromatic rings. The van der Waals surface area contributed by atoms with Gasteiger partial charge in [-0.05, 0) is 62.0 Å². The van der Waals surface area contributed by atoms with Crippen molar-refractivity contribution in [3.8, 4) is 0 Å². The van der Waals surface area contributed by atoms with Gasteiger partial charge in [0.05, 0.1) is 0 Å². The highest BCUT2D eigenvalue weighted by atomic mass is 16.2. The zero-order valence-electron chi connectivity index (χ0n) is 14.7. The minimum atomic E-state index is -0.281. The van der Waals surface area contributed by atoms with Gasteiger partial charge in [-0.15, -0.1) is 0 Å². The first kappa shape index (κ1) is 16.4. The molecule has 1 aromatic carbocycles. The molecule has 1 aliphatic heterocycles. The van der Waals surface area contributed by atoms with Gasteiger partial charge in [0.1, 0.15) is 6.04 Å². The molecule has 1 heterocycles. The molecular weight excluding hydrogens is 314 g/mol. The first-order valence-electron chi connectivity index (χ1n) is 9.62. The van der Waals surface area contributed by atoms with Crippen molar-refractivity contribution < 1.29 is 9.59 Å². The molecule has 0 aromatic heterocycles. The van der Waals surface area contributed by atoms with E-state index in [1.54, 1.807) is 4.90 Å². The lowest BCUT2D eigenvalue weighted by molar-refractivity contribution is -0.124. The van der Waals surface area contributed by atoms with Crippen LogP contribution in [0.25, 0.3) is 0 Å². The second kappa shape index (κ2) is 7.06. The maximum atomic E-state index is 12.5. The van der Waals surface area contributed by atoms with Crippen LogP contribution in [0.3, 0.4) is 0 Å². The van der Waals surface area contributed by atoms with Crippen LogP contribution < -0.4 is 10.6 Å². The molecule has 0 spiro atoms. The Morgan fingerprint density at radius 3 is 2.48 bits per heavy atom. The second-order valence-electron chi connectivity index (χ2n) is 7.70. The van der Waals surface area contributed by atoms with Crippen LogP contribution in [0, 0.1) is 5.92 Å². The minimum absolute atomic E-state index is 0.0291. The summed E-state index contributed by atoms with van der Waals surface area (Å²) in [6.07, 6.45) is 7.07. The summed E-state index contributed by atoms with van der Waals surface area (Å²) in [5, 5.41) is 6.07. The SMILES string of the molecule is O=C(NC1CC1)[C@@H]1CCCN1C(=O)NCCC1Cc2ccccc2C1. The summed E-state index contributed by atoms with van der Waals surface area (Å²) in [6, 6.07) is 8.61. The number of carbonyl (C=O) groups excluding carboxylic acids is 2. The molecule has 0 radical (unpaired) electrons. The van der Waals surface area contributed by atoms with Gasteiger partial charge >= 0.3 is 6.03 Å². The average molecular weight is 341 g/mol. The Bertz CT molecular complexity index is 631. The quantitative estimate of drug-likeness (QED) is 0.863. The molecule has 4 rings (SSSR count). The fourth-order valence-corrected chi connectivity index (χ4v) is 4.15. The topological polar surface area (TPSA) is 61.4 Å². The number of hydrogen-bond donors (Lipinski definition) is 2. The number of nitrogens with zero attached hydrogens (tertiary/aromatic N) is 1. The van der Waals surface area contributed by atoms with E-state index in [0.717, 1.165) is 44.9 Å². The molecule has 0 bridgehead atoms. The lowest BCUT2D eigenvalue weighted by atomic mass is 10.0. The Morgan fingerprint density at radius 2 is 1.80 bits per heavy atom. The van der Waals surface area contributed by atoms with Gasteiger partial charge in [0.2, 0.25) is 5.91 Å². The molecule has 5 heteroatoms. The highest BCUT2D eigenvalue weighted by Gasteiger charge is 2.36. The van der Waals surface area contributed by atoms with E-state index < -0.39 is 0 Å². The number of amides is 3. The fourth-order valence-electron chi connectivity index (χ4n) is 4.15. The van der Waals surface area contributed by atoms with E-state index in [2.05, 4.69) is 34.9 Å². The number of hydrogen-bond acceptors (Lipinski definition) is 2. The largest absolute Gasteiger partial charge is 0.352 e. The van der Waals surface area contributed by atoms with Gasteiger partial charge in [-0.3, -0.25) is 4.79 Å². The standard InChI is InChI=1S/C20H27N3O2/c24-19(22-17-7-8-17)18-6-3-11-23(18)20(25)21-10-9-14-12-15-4-1-2-5-16(15)13-14/h1-2,4-5,14,17-18H,3,6-13H2,(H,21,25)(H,22,24)/t18-/m0/s1. The third-order valence-corrected chi connectivity index (χ3v) is 5.70. The van der Waals surface area contributed by atoms with Crippen LogP contribution in [0.2, 0.25) is 0 Å². The minimum Gasteiger partial charge on any atom is -0.352 e. The number of fused-ring (bicyclic) bond motifs is 1. The van der Waals surface area contributed by atoms with E-state index in [0.29, 0.717) is 25.0 Å². The molecule has 134 valence electrons. The summed E-state index contributed by atoms with van der Waals surface area (Å²) >= 11 is 0. The van der Waals surface area contributed by atoms with Gasteiger partial charge in [-0.2, -0.15) is 0 Å². The van der Waals surface area contributed by atoms with E-state index in [1.807, 2.05) is 0 Å². The molecule has 3 aliphatic rings. The summed E-state index contributed by atoms with van der Waals surface area (Å²) in [7, 11) is 0. The van der Waals surface area contributed by atoms with Crippen molar-refractivity contribution in [3.05, 3.63) is 35.4 Å². The number of rotatable bonds is 5. The van der Waals surface area contributed by atoms with Crippen LogP contribution in [0.15, 0.2) is 24.3 Å². The van der Waals surface area contributed by atoms with Crippen LogP contribution in [0.4, 0.5) is 4.79 Å². The van der Waals surface area contributed by atoms with E-state index in [-0.39, 0.29) is 18.0 Å². The maximum absolute atomic E-state index is 12.5. The predicted octanol–water partition coefficient (Wildman–Crippen LogP) is 2.24. The first-order chi connectivity index (χ1) is 12.2. The molecule has 1 saturated carbocycles. The van der Waals surface area contributed by atoms with Gasteiger partial charge in [-0.1, -0.05) is 24.3 Å². The van der Waals surface area contributed by atoms with Crippen molar-refractivity contribution in [3.63, 3.8) is 0 Å². The Balaban J connectivity index is 1.23. The smallest absolute Gasteiger partial charge is 0.318 e. The fraction of sp³-hybridized carbons (Fsp3) is 0.600. The van der Waals surface area contributed by atoms with Gasteiger partial charge < -0.3 is 15.5 Å². The van der Waals surface area contributed by atoms with Gasteiger partial charge in [0.25, 0.3) is 0 Å². The number of urea groups is 1. The zero-order chi connectivity index (χ0) is 17.2. The highest BCUT2D eigenvalue weighted by molar-refractivity contribution is 5.88. The summed E-state index contributed by atoms with van der Waals surface area (Å²) in [5.74, 6) is 0.645. The van der Waals surface area contributed by atoms with Gasteiger partial charge in [0.15, 0.2) is 0 Å². The molecular formula is C20H27N3O2. The lowest BCUT2D eigenvalue weighted by Crippen LogP contribution is -2.50. The van der Waals surface area contributed by atoms with E-state index >= 15 is 0 Å². The molecule has 25 heavy (non-hydrogen) atoms. The Labute approximate surface area is 149 Å². The Hall–Kier alpha value is -2.04. The monoisotopic (exact) mass is 341 g/mol. The number of likely N-dealkylation sites (tertiary alicyclic amines) is 1. The van der Waals surface area contributed by atoms with Crippen LogP contribution in [-0.2, 0) is 17.6 Å². The van der Waals surface area contributed by atoms with Crippen molar-refractivity contribution in [2.75, 3.05) is 13.1 Å². The van der Waals surface area contributed by atoms with E-state index in [4.69, 9.17) is 0 Å². The van der Waals surface area contributed by atoms with Crippen molar-refractivity contribution >= 4 is 11.9 Å². The number of benzene rings is 1. The molecule has 1 saturated heterocycles. The molecule has 1 atom stereocenters. The van der Waals surface area contributed by atoms with Crippen LogP contribution in [0.1, 0.15) is 43.2 Å². The molecule has 2 fully saturated rings. The van der Waals surface area contributed by atoms with E-state index in [1.165, 1.54) is 11.1 Å². The van der Waals surface area contributed by atoms with Crippen LogP contribution >= 0.6 is 0 Å². The van der Waals surface area contributed by atoms with Crippen molar-refractivity contribution in [1.29, 1.82) is 0 Å². The first-order valence-corrected chi connectivity index (χ1v) is 9.62. The van der Waals surface area contributed by atoms with Crippen LogP contribution in [0.5, 0.6) is 0 Å². The average Bonchev–Trinajstić information content (AvgIpc) is 3.13. The third-order valence-electron chi connectivity index (χ3n) is 5.70. The van der Waals surface area contributed by atoms with Crippen molar-refractivity contribution in [2.45, 2.75) is 57.0 Å². The predicted molar refractivity (Wildman–Crippen MR) is 96.2 cm³/mol. The molecule has 5 nitrogen and oxygen atoms in total. The van der Waals surface area contributed by atoms with Crippen molar-refractivity contribution in [2.24, 2.45) is 5.92 Å². The summed E-state index contributed by atoms with van der Waals surface area (Å²) in [4.78, 5) is 26.5. The van der Waals surface area contributed by atoms with Crippen LogP contribution in [-0.4, -0.2) is 42.0 Å². The molecule has 0 unspecified atom stereocenters. The highest BCUT2D eigenvalue weighted by Crippen LogP contribution is 2.28. The molecule has 3 amide bonds. The third kappa shape index (κ3) is 3.80. The van der Waals surface area contributed by atoms with E-state index in [9.17, 15) is 9.59 Å². The lowest BCUT2D eigenvalue weighted by Gasteiger charge is -2.24. The number of carbonyl (C=O) groups is 2. The zero-order valence-corrected chi connectivity index (χ0v) is 14.7. The normalized spacial score (nSPS) is 22.7. The summed E-state index contributed by atoms with van der Waals surface area (Å²) in [6.45, 7) is 1.37. The summed E-state index contributed by atoms with van der Waals surface area (Å²) < 4.78 is 0. The van der Waals surface area contributed by atoms with Gasteiger partial charge in [0, 0.05) is 19.1 Å². The Morgan fingerprint density at radius 1 is 1.08 bits per heavy atom.